The van der Waals surface area contributed by atoms with E-state index in [1.54, 1.807) is 4.90 Å². The van der Waals surface area contributed by atoms with Gasteiger partial charge in [-0.15, -0.1) is 0 Å². The van der Waals surface area contributed by atoms with Gasteiger partial charge in [0.15, 0.2) is 0 Å². The fourth-order valence-corrected chi connectivity index (χ4v) is 2.83. The molecule has 1 heterocycles. The van der Waals surface area contributed by atoms with E-state index in [1.807, 2.05) is 20.8 Å². The molecule has 0 bridgehead atoms. The van der Waals surface area contributed by atoms with Crippen molar-refractivity contribution >= 4 is 11.9 Å². The fourth-order valence-electron chi connectivity index (χ4n) is 2.83. The second-order valence-corrected chi connectivity index (χ2v) is 5.89. The van der Waals surface area contributed by atoms with Gasteiger partial charge in [-0.3, -0.25) is 9.59 Å². The van der Waals surface area contributed by atoms with Gasteiger partial charge in [0.2, 0.25) is 5.91 Å². The Bertz CT molecular complexity index is 344. The number of carboxylic acids is 1. The molecule has 1 rings (SSSR count). The summed E-state index contributed by atoms with van der Waals surface area (Å²) in [4.78, 5) is 25.6. The first kappa shape index (κ1) is 16.0. The summed E-state index contributed by atoms with van der Waals surface area (Å²) in [7, 11) is 0. The number of aliphatic carboxylic acids is 1. The van der Waals surface area contributed by atoms with Crippen LogP contribution in [0.25, 0.3) is 0 Å². The predicted octanol–water partition coefficient (Wildman–Crippen LogP) is 1.32. The van der Waals surface area contributed by atoms with Gasteiger partial charge in [0, 0.05) is 19.6 Å². The third kappa shape index (κ3) is 3.26. The van der Waals surface area contributed by atoms with Crippen molar-refractivity contribution < 1.29 is 14.7 Å². The van der Waals surface area contributed by atoms with E-state index in [1.165, 1.54) is 0 Å². The van der Waals surface area contributed by atoms with Crippen molar-refractivity contribution in [1.29, 1.82) is 0 Å². The predicted molar refractivity (Wildman–Crippen MR) is 73.6 cm³/mol. The van der Waals surface area contributed by atoms with Crippen LogP contribution in [0.2, 0.25) is 0 Å². The van der Waals surface area contributed by atoms with Crippen LogP contribution >= 0.6 is 0 Å². The first-order valence-electron chi connectivity index (χ1n) is 7.10. The van der Waals surface area contributed by atoms with Gasteiger partial charge in [-0.1, -0.05) is 20.8 Å². The molecule has 0 radical (unpaired) electrons. The van der Waals surface area contributed by atoms with Gasteiger partial charge in [-0.05, 0) is 25.2 Å². The van der Waals surface area contributed by atoms with E-state index in [9.17, 15) is 14.7 Å². The average molecular weight is 270 g/mol. The molecule has 5 heteroatoms. The summed E-state index contributed by atoms with van der Waals surface area (Å²) >= 11 is 0. The van der Waals surface area contributed by atoms with Crippen molar-refractivity contribution in [2.45, 2.75) is 40.0 Å². The Morgan fingerprint density at radius 2 is 2.05 bits per heavy atom. The van der Waals surface area contributed by atoms with Crippen molar-refractivity contribution in [3.05, 3.63) is 0 Å². The summed E-state index contributed by atoms with van der Waals surface area (Å²) in [6.45, 7) is 7.12. The number of hydrogen-bond acceptors (Lipinski definition) is 3. The van der Waals surface area contributed by atoms with Gasteiger partial charge in [0.05, 0.1) is 11.3 Å². The van der Waals surface area contributed by atoms with Crippen LogP contribution in [0.4, 0.5) is 0 Å². The van der Waals surface area contributed by atoms with Crippen molar-refractivity contribution in [3.8, 4) is 0 Å². The lowest BCUT2D eigenvalue weighted by molar-refractivity contribution is -0.156. The third-order valence-corrected chi connectivity index (χ3v) is 4.39. The highest BCUT2D eigenvalue weighted by molar-refractivity contribution is 5.81. The molecular formula is C14H26N2O3. The van der Waals surface area contributed by atoms with Crippen LogP contribution < -0.4 is 5.73 Å². The lowest BCUT2D eigenvalue weighted by Crippen LogP contribution is -2.52. The second-order valence-electron chi connectivity index (χ2n) is 5.89. The summed E-state index contributed by atoms with van der Waals surface area (Å²) in [5.41, 5.74) is 4.90. The number of likely N-dealkylation sites (tertiary alicyclic amines) is 1. The van der Waals surface area contributed by atoms with E-state index in [0.717, 1.165) is 6.42 Å². The number of nitrogens with two attached hydrogens (primary N) is 1. The lowest BCUT2D eigenvalue weighted by Gasteiger charge is -2.41. The molecule has 0 spiro atoms. The Kier molecular flexibility index (Phi) is 5.35. The van der Waals surface area contributed by atoms with Crippen LogP contribution in [0, 0.1) is 17.3 Å². The molecular weight excluding hydrogens is 244 g/mol. The molecule has 1 saturated heterocycles. The second kappa shape index (κ2) is 6.37. The molecule has 2 unspecified atom stereocenters. The zero-order chi connectivity index (χ0) is 14.6. The molecule has 2 atom stereocenters. The summed E-state index contributed by atoms with van der Waals surface area (Å²) in [6, 6.07) is 0. The van der Waals surface area contributed by atoms with Gasteiger partial charge in [0.1, 0.15) is 0 Å². The molecule has 0 aromatic heterocycles. The number of piperidine rings is 1. The Morgan fingerprint density at radius 1 is 1.42 bits per heavy atom. The molecule has 1 aliphatic rings. The molecule has 0 saturated carbocycles. The molecule has 0 aromatic rings. The van der Waals surface area contributed by atoms with Gasteiger partial charge in [0.25, 0.3) is 0 Å². The highest BCUT2D eigenvalue weighted by atomic mass is 16.4. The van der Waals surface area contributed by atoms with Crippen molar-refractivity contribution in [1.82, 2.24) is 4.90 Å². The standard InChI is InChI=1S/C14H26N2O3/c1-4-14(13(18)19)6-5-7-16(9-14)12(17)11(8-15)10(2)3/h10-11H,4-9,15H2,1-3H3,(H,18,19). The minimum Gasteiger partial charge on any atom is -0.481 e. The molecule has 1 aliphatic heterocycles. The first-order valence-corrected chi connectivity index (χ1v) is 7.10. The number of rotatable bonds is 5. The van der Waals surface area contributed by atoms with Crippen LogP contribution in [-0.2, 0) is 9.59 Å². The van der Waals surface area contributed by atoms with Gasteiger partial charge < -0.3 is 15.7 Å². The lowest BCUT2D eigenvalue weighted by atomic mass is 9.77. The number of carboxylic acid groups (broad SMARTS) is 1. The molecule has 19 heavy (non-hydrogen) atoms. The average Bonchev–Trinajstić information content (AvgIpc) is 2.38. The molecule has 0 aliphatic carbocycles. The van der Waals surface area contributed by atoms with Gasteiger partial charge in [-0.2, -0.15) is 0 Å². The van der Waals surface area contributed by atoms with Gasteiger partial charge >= 0.3 is 5.97 Å². The molecule has 3 N–H and O–H groups in total. The quantitative estimate of drug-likeness (QED) is 0.789. The largest absolute Gasteiger partial charge is 0.481 e. The van der Waals surface area contributed by atoms with Crippen molar-refractivity contribution in [3.63, 3.8) is 0 Å². The van der Waals surface area contributed by atoms with E-state index in [0.29, 0.717) is 32.5 Å². The number of carbonyl (C=O) groups excluding carboxylic acids is 1. The zero-order valence-corrected chi connectivity index (χ0v) is 12.2. The van der Waals surface area contributed by atoms with Crippen LogP contribution in [0.5, 0.6) is 0 Å². The van der Waals surface area contributed by atoms with Crippen LogP contribution in [-0.4, -0.2) is 41.5 Å². The third-order valence-electron chi connectivity index (χ3n) is 4.39. The highest BCUT2D eigenvalue weighted by Crippen LogP contribution is 2.34. The topological polar surface area (TPSA) is 83.6 Å². The van der Waals surface area contributed by atoms with E-state index >= 15 is 0 Å². The SMILES string of the molecule is CCC1(C(=O)O)CCCN(C(=O)C(CN)C(C)C)C1. The Morgan fingerprint density at radius 3 is 2.47 bits per heavy atom. The first-order chi connectivity index (χ1) is 8.88. The van der Waals surface area contributed by atoms with Crippen LogP contribution in [0.1, 0.15) is 40.0 Å². The molecule has 1 amide bonds. The summed E-state index contributed by atoms with van der Waals surface area (Å²) in [5.74, 6) is -0.806. The molecule has 5 nitrogen and oxygen atoms in total. The molecule has 110 valence electrons. The number of hydrogen-bond donors (Lipinski definition) is 2. The maximum absolute atomic E-state index is 12.5. The fraction of sp³-hybridized carbons (Fsp3) is 0.857. The maximum atomic E-state index is 12.5. The normalized spacial score (nSPS) is 25.4. The van der Waals surface area contributed by atoms with Crippen LogP contribution in [0.3, 0.4) is 0 Å². The summed E-state index contributed by atoms with van der Waals surface area (Å²) < 4.78 is 0. The Labute approximate surface area is 115 Å². The van der Waals surface area contributed by atoms with E-state index in [4.69, 9.17) is 5.73 Å². The van der Waals surface area contributed by atoms with E-state index in [2.05, 4.69) is 0 Å². The highest BCUT2D eigenvalue weighted by Gasteiger charge is 2.43. The monoisotopic (exact) mass is 270 g/mol. The zero-order valence-electron chi connectivity index (χ0n) is 12.2. The molecule has 1 fully saturated rings. The summed E-state index contributed by atoms with van der Waals surface area (Å²) in [6.07, 6.45) is 1.96. The minimum absolute atomic E-state index is 0.0104. The van der Waals surface area contributed by atoms with Crippen LogP contribution in [0.15, 0.2) is 0 Å². The number of nitrogens with zero attached hydrogens (tertiary/aromatic N) is 1. The van der Waals surface area contributed by atoms with Crippen molar-refractivity contribution in [2.24, 2.45) is 23.0 Å². The van der Waals surface area contributed by atoms with E-state index in [-0.39, 0.29) is 17.7 Å². The minimum atomic E-state index is -0.790. The Hall–Kier alpha value is -1.10. The number of amides is 1. The van der Waals surface area contributed by atoms with Gasteiger partial charge in [-0.25, -0.2) is 0 Å². The Balaban J connectivity index is 2.84. The van der Waals surface area contributed by atoms with Crippen molar-refractivity contribution in [2.75, 3.05) is 19.6 Å². The maximum Gasteiger partial charge on any atom is 0.311 e. The smallest absolute Gasteiger partial charge is 0.311 e. The van der Waals surface area contributed by atoms with E-state index < -0.39 is 11.4 Å². The summed E-state index contributed by atoms with van der Waals surface area (Å²) in [5, 5.41) is 9.43. The number of carbonyl (C=O) groups is 2. The molecule has 0 aromatic carbocycles.